The molecule has 1 amide bonds. The van der Waals surface area contributed by atoms with Gasteiger partial charge < -0.3 is 19.5 Å². The molecule has 1 saturated carbocycles. The molecule has 3 rings (SSSR count). The largest absolute Gasteiger partial charge is 0.381 e. The summed E-state index contributed by atoms with van der Waals surface area (Å²) < 4.78 is 16.9. The van der Waals surface area contributed by atoms with Crippen molar-refractivity contribution in [2.45, 2.75) is 57.7 Å². The van der Waals surface area contributed by atoms with Gasteiger partial charge in [0.05, 0.1) is 24.9 Å². The Bertz CT molecular complexity index is 442. The van der Waals surface area contributed by atoms with Gasteiger partial charge in [-0.15, -0.1) is 0 Å². The van der Waals surface area contributed by atoms with E-state index in [0.29, 0.717) is 13.2 Å². The van der Waals surface area contributed by atoms with E-state index in [1.165, 1.54) is 0 Å². The second kappa shape index (κ2) is 7.28. The first kappa shape index (κ1) is 18.1. The van der Waals surface area contributed by atoms with Crippen molar-refractivity contribution in [1.29, 1.82) is 0 Å². The molecule has 0 unspecified atom stereocenters. The molecule has 6 nitrogen and oxygen atoms in total. The van der Waals surface area contributed by atoms with Gasteiger partial charge in [0.1, 0.15) is 0 Å². The van der Waals surface area contributed by atoms with E-state index in [2.05, 4.69) is 10.2 Å². The van der Waals surface area contributed by atoms with Crippen molar-refractivity contribution in [2.75, 3.05) is 46.1 Å². The maximum absolute atomic E-state index is 13.0. The Morgan fingerprint density at radius 2 is 1.83 bits per heavy atom. The Morgan fingerprint density at radius 1 is 1.21 bits per heavy atom. The van der Waals surface area contributed by atoms with Crippen LogP contribution in [0.1, 0.15) is 40.0 Å². The quantitative estimate of drug-likeness (QED) is 0.815. The predicted octanol–water partition coefficient (Wildman–Crippen LogP) is 1.19. The molecule has 2 atom stereocenters. The molecule has 2 saturated heterocycles. The van der Waals surface area contributed by atoms with Gasteiger partial charge in [0.15, 0.2) is 0 Å². The van der Waals surface area contributed by atoms with E-state index in [0.717, 1.165) is 52.2 Å². The average Bonchev–Trinajstić information content (AvgIpc) is 2.62. The highest BCUT2D eigenvalue weighted by atomic mass is 16.5. The van der Waals surface area contributed by atoms with Gasteiger partial charge in [-0.05, 0) is 40.0 Å². The van der Waals surface area contributed by atoms with Crippen LogP contribution in [0.2, 0.25) is 0 Å². The third-order valence-corrected chi connectivity index (χ3v) is 6.24. The van der Waals surface area contributed by atoms with Gasteiger partial charge >= 0.3 is 0 Å². The van der Waals surface area contributed by atoms with Crippen LogP contribution >= 0.6 is 0 Å². The summed E-state index contributed by atoms with van der Waals surface area (Å²) in [4.78, 5) is 15.2. The van der Waals surface area contributed by atoms with Crippen LogP contribution in [-0.4, -0.2) is 74.6 Å². The number of amides is 1. The number of nitrogens with one attached hydrogen (secondary N) is 1. The Kier molecular flexibility index (Phi) is 5.49. The summed E-state index contributed by atoms with van der Waals surface area (Å²) in [5.41, 5.74) is -0.447. The normalized spacial score (nSPS) is 30.8. The topological polar surface area (TPSA) is 60.0 Å². The van der Waals surface area contributed by atoms with Gasteiger partial charge in [-0.25, -0.2) is 0 Å². The van der Waals surface area contributed by atoms with Gasteiger partial charge in [-0.3, -0.25) is 9.69 Å². The smallest absolute Gasteiger partial charge is 0.240 e. The number of hydrogen-bond acceptors (Lipinski definition) is 5. The fourth-order valence-corrected chi connectivity index (χ4v) is 4.41. The van der Waals surface area contributed by atoms with E-state index >= 15 is 0 Å². The Labute approximate surface area is 145 Å². The van der Waals surface area contributed by atoms with Crippen LogP contribution in [0.25, 0.3) is 0 Å². The number of carbonyl (C=O) groups is 1. The maximum Gasteiger partial charge on any atom is 0.240 e. The standard InChI is InChI=1S/C18H32N2O4/c1-4-24-15-13-14(18(15)5-9-22-10-6-18)19-16(21)17(2,3)20-7-11-23-12-8-20/h14-15H,4-13H2,1-3H3,(H,19,21)/t14-,15-/m1/s1. The van der Waals surface area contributed by atoms with Crippen molar-refractivity contribution in [2.24, 2.45) is 5.41 Å². The van der Waals surface area contributed by atoms with E-state index < -0.39 is 5.54 Å². The number of rotatable bonds is 5. The molecule has 1 N–H and O–H groups in total. The Balaban J connectivity index is 1.64. The minimum Gasteiger partial charge on any atom is -0.381 e. The van der Waals surface area contributed by atoms with Crippen LogP contribution in [0.3, 0.4) is 0 Å². The zero-order chi connectivity index (χ0) is 17.2. The summed E-state index contributed by atoms with van der Waals surface area (Å²) in [6, 6.07) is 0.200. The summed E-state index contributed by atoms with van der Waals surface area (Å²) in [7, 11) is 0. The molecule has 3 aliphatic rings. The average molecular weight is 340 g/mol. The van der Waals surface area contributed by atoms with E-state index in [1.807, 2.05) is 20.8 Å². The summed E-state index contributed by atoms with van der Waals surface area (Å²) in [5, 5.41) is 3.35. The van der Waals surface area contributed by atoms with Crippen molar-refractivity contribution in [3.63, 3.8) is 0 Å². The molecule has 3 fully saturated rings. The molecule has 1 spiro atoms. The summed E-state index contributed by atoms with van der Waals surface area (Å²) in [5.74, 6) is 0.121. The van der Waals surface area contributed by atoms with Crippen LogP contribution in [-0.2, 0) is 19.0 Å². The minimum absolute atomic E-state index is 0.0605. The molecular formula is C18H32N2O4. The maximum atomic E-state index is 13.0. The molecule has 24 heavy (non-hydrogen) atoms. The summed E-state index contributed by atoms with van der Waals surface area (Å²) in [6.07, 6.45) is 3.11. The predicted molar refractivity (Wildman–Crippen MR) is 90.9 cm³/mol. The van der Waals surface area contributed by atoms with Crippen molar-refractivity contribution < 1.29 is 19.0 Å². The van der Waals surface area contributed by atoms with Crippen LogP contribution < -0.4 is 5.32 Å². The first-order chi connectivity index (χ1) is 11.5. The van der Waals surface area contributed by atoms with E-state index in [-0.39, 0.29) is 23.5 Å². The second-order valence-corrected chi connectivity index (χ2v) is 7.71. The lowest BCUT2D eigenvalue weighted by Crippen LogP contribution is -2.69. The zero-order valence-corrected chi connectivity index (χ0v) is 15.3. The highest BCUT2D eigenvalue weighted by Crippen LogP contribution is 2.50. The lowest BCUT2D eigenvalue weighted by molar-refractivity contribution is -0.178. The van der Waals surface area contributed by atoms with E-state index in [1.54, 1.807) is 0 Å². The van der Waals surface area contributed by atoms with Gasteiger partial charge in [-0.1, -0.05) is 0 Å². The van der Waals surface area contributed by atoms with Crippen molar-refractivity contribution in [1.82, 2.24) is 10.2 Å². The third kappa shape index (κ3) is 3.21. The molecule has 0 aromatic carbocycles. The second-order valence-electron chi connectivity index (χ2n) is 7.71. The van der Waals surface area contributed by atoms with E-state index in [4.69, 9.17) is 14.2 Å². The number of ether oxygens (including phenoxy) is 3. The van der Waals surface area contributed by atoms with Gasteiger partial charge in [-0.2, -0.15) is 0 Å². The fraction of sp³-hybridized carbons (Fsp3) is 0.944. The number of hydrogen-bond donors (Lipinski definition) is 1. The number of carbonyl (C=O) groups excluding carboxylic acids is 1. The monoisotopic (exact) mass is 340 g/mol. The summed E-state index contributed by atoms with van der Waals surface area (Å²) in [6.45, 7) is 11.4. The molecule has 138 valence electrons. The van der Waals surface area contributed by atoms with E-state index in [9.17, 15) is 4.79 Å². The van der Waals surface area contributed by atoms with Crippen molar-refractivity contribution in [3.05, 3.63) is 0 Å². The van der Waals surface area contributed by atoms with Crippen LogP contribution in [0.5, 0.6) is 0 Å². The van der Waals surface area contributed by atoms with Crippen LogP contribution in [0.15, 0.2) is 0 Å². The molecule has 2 heterocycles. The molecule has 6 heteroatoms. The molecular weight excluding hydrogens is 308 g/mol. The van der Waals surface area contributed by atoms with Gasteiger partial charge in [0.25, 0.3) is 0 Å². The van der Waals surface area contributed by atoms with Crippen molar-refractivity contribution in [3.8, 4) is 0 Å². The number of morpholine rings is 1. The van der Waals surface area contributed by atoms with Crippen LogP contribution in [0, 0.1) is 5.41 Å². The lowest BCUT2D eigenvalue weighted by Gasteiger charge is -2.58. The number of nitrogens with zero attached hydrogens (tertiary/aromatic N) is 1. The highest BCUT2D eigenvalue weighted by Gasteiger charge is 2.57. The first-order valence-electron chi connectivity index (χ1n) is 9.34. The molecule has 0 aromatic rings. The van der Waals surface area contributed by atoms with Crippen LogP contribution in [0.4, 0.5) is 0 Å². The lowest BCUT2D eigenvalue weighted by atomic mass is 9.57. The third-order valence-electron chi connectivity index (χ3n) is 6.24. The SMILES string of the molecule is CCO[C@@H]1C[C@@H](NC(=O)C(C)(C)N2CCOCC2)C12CCOCC2. The molecule has 1 aliphatic carbocycles. The van der Waals surface area contributed by atoms with Gasteiger partial charge in [0, 0.05) is 44.4 Å². The molecule has 0 radical (unpaired) electrons. The Morgan fingerprint density at radius 3 is 2.46 bits per heavy atom. The highest BCUT2D eigenvalue weighted by molar-refractivity contribution is 5.86. The molecule has 2 aliphatic heterocycles. The zero-order valence-electron chi connectivity index (χ0n) is 15.3. The fourth-order valence-electron chi connectivity index (χ4n) is 4.41. The molecule has 0 aromatic heterocycles. The minimum atomic E-state index is -0.507. The first-order valence-corrected chi connectivity index (χ1v) is 9.34. The van der Waals surface area contributed by atoms with Gasteiger partial charge in [0.2, 0.25) is 5.91 Å². The Hall–Kier alpha value is -0.690. The molecule has 0 bridgehead atoms. The summed E-state index contributed by atoms with van der Waals surface area (Å²) >= 11 is 0. The van der Waals surface area contributed by atoms with Crippen molar-refractivity contribution >= 4 is 5.91 Å².